The van der Waals surface area contributed by atoms with Crippen molar-refractivity contribution in [1.29, 1.82) is 0 Å². The second-order valence-electron chi connectivity index (χ2n) is 3.28. The molecule has 0 bridgehead atoms. The summed E-state index contributed by atoms with van der Waals surface area (Å²) in [5, 5.41) is 1.39. The SMILES string of the molecule is O=c1c2ccc(Cl)cc2sn2cccc12. The molecule has 0 saturated heterocycles. The summed E-state index contributed by atoms with van der Waals surface area (Å²) in [7, 11) is 0. The van der Waals surface area contributed by atoms with Gasteiger partial charge >= 0.3 is 0 Å². The third-order valence-electron chi connectivity index (χ3n) is 2.33. The van der Waals surface area contributed by atoms with E-state index in [9.17, 15) is 4.79 Å². The minimum Gasteiger partial charge on any atom is -0.287 e. The van der Waals surface area contributed by atoms with E-state index in [1.807, 2.05) is 28.2 Å². The first-order chi connectivity index (χ1) is 7.25. The third kappa shape index (κ3) is 1.28. The van der Waals surface area contributed by atoms with Gasteiger partial charge in [-0.3, -0.25) is 8.58 Å². The molecule has 0 fully saturated rings. The minimum atomic E-state index is 0.0606. The Morgan fingerprint density at radius 1 is 1.27 bits per heavy atom. The van der Waals surface area contributed by atoms with Gasteiger partial charge in [0.2, 0.25) is 5.43 Å². The predicted octanol–water partition coefficient (Wildman–Crippen LogP) is 3.17. The Hall–Kier alpha value is -1.32. The quantitative estimate of drug-likeness (QED) is 0.587. The maximum absolute atomic E-state index is 12.0. The Balaban J connectivity index is 2.63. The molecule has 0 amide bonds. The van der Waals surface area contributed by atoms with E-state index < -0.39 is 0 Å². The highest BCUT2D eigenvalue weighted by Crippen LogP contribution is 2.21. The third-order valence-corrected chi connectivity index (χ3v) is 3.62. The summed E-state index contributed by atoms with van der Waals surface area (Å²) in [6.45, 7) is 0. The van der Waals surface area contributed by atoms with Crippen LogP contribution in [0.1, 0.15) is 0 Å². The van der Waals surface area contributed by atoms with Gasteiger partial charge in [-0.05, 0) is 30.3 Å². The number of halogens is 1. The van der Waals surface area contributed by atoms with Gasteiger partial charge in [-0.15, -0.1) is 0 Å². The average molecular weight is 236 g/mol. The molecule has 15 heavy (non-hydrogen) atoms. The molecular formula is C11H6ClNOS. The Bertz CT molecular complexity index is 713. The molecule has 0 spiro atoms. The van der Waals surface area contributed by atoms with Crippen molar-refractivity contribution >= 4 is 38.7 Å². The Labute approximate surface area is 94.5 Å². The lowest BCUT2D eigenvalue weighted by Gasteiger charge is -1.98. The molecule has 0 aliphatic rings. The van der Waals surface area contributed by atoms with Crippen molar-refractivity contribution in [3.8, 4) is 0 Å². The molecule has 1 aromatic carbocycles. The van der Waals surface area contributed by atoms with Crippen LogP contribution in [0, 0.1) is 0 Å². The van der Waals surface area contributed by atoms with Gasteiger partial charge < -0.3 is 0 Å². The number of nitrogens with zero attached hydrogens (tertiary/aromatic N) is 1. The first kappa shape index (κ1) is 8.95. The highest BCUT2D eigenvalue weighted by atomic mass is 35.5. The fraction of sp³-hybridized carbons (Fsp3) is 0. The summed E-state index contributed by atoms with van der Waals surface area (Å²) in [6.07, 6.45) is 1.88. The van der Waals surface area contributed by atoms with Crippen molar-refractivity contribution in [2.45, 2.75) is 0 Å². The standard InChI is InChI=1S/C11H6ClNOS/c12-7-3-4-8-10(6-7)15-13-5-1-2-9(13)11(8)14/h1-6H. The van der Waals surface area contributed by atoms with Gasteiger partial charge in [-0.2, -0.15) is 0 Å². The monoisotopic (exact) mass is 235 g/mol. The summed E-state index contributed by atoms with van der Waals surface area (Å²) >= 11 is 7.41. The number of hydrogen-bond acceptors (Lipinski definition) is 2. The molecule has 74 valence electrons. The van der Waals surface area contributed by atoms with Crippen LogP contribution in [0.25, 0.3) is 15.6 Å². The van der Waals surface area contributed by atoms with Crippen LogP contribution in [0.15, 0.2) is 41.3 Å². The Kier molecular flexibility index (Phi) is 1.84. The van der Waals surface area contributed by atoms with Crippen LogP contribution in [-0.2, 0) is 0 Å². The van der Waals surface area contributed by atoms with Gasteiger partial charge in [-0.1, -0.05) is 23.1 Å². The lowest BCUT2D eigenvalue weighted by molar-refractivity contribution is 1.37. The van der Waals surface area contributed by atoms with Gasteiger partial charge in [0, 0.05) is 16.6 Å². The van der Waals surface area contributed by atoms with Crippen molar-refractivity contribution < 1.29 is 0 Å². The first-order valence-electron chi connectivity index (χ1n) is 4.45. The summed E-state index contributed by atoms with van der Waals surface area (Å²) in [6, 6.07) is 9.05. The molecule has 0 saturated carbocycles. The molecular weight excluding hydrogens is 230 g/mol. The van der Waals surface area contributed by atoms with Gasteiger partial charge in [-0.25, -0.2) is 0 Å². The molecule has 3 rings (SSSR count). The molecule has 2 nitrogen and oxygen atoms in total. The lowest BCUT2D eigenvalue weighted by Crippen LogP contribution is -2.02. The largest absolute Gasteiger partial charge is 0.287 e. The molecule has 2 aromatic heterocycles. The molecule has 4 heteroatoms. The first-order valence-corrected chi connectivity index (χ1v) is 5.61. The molecule has 0 unspecified atom stereocenters. The van der Waals surface area contributed by atoms with E-state index in [4.69, 9.17) is 11.6 Å². The van der Waals surface area contributed by atoms with Crippen LogP contribution in [0.5, 0.6) is 0 Å². The van der Waals surface area contributed by atoms with Crippen LogP contribution >= 0.6 is 23.1 Å². The molecule has 0 aliphatic heterocycles. The van der Waals surface area contributed by atoms with Gasteiger partial charge in [0.25, 0.3) is 0 Å². The maximum atomic E-state index is 12.0. The van der Waals surface area contributed by atoms with Crippen LogP contribution in [0.3, 0.4) is 0 Å². The number of rotatable bonds is 0. The fourth-order valence-corrected chi connectivity index (χ4v) is 2.89. The van der Waals surface area contributed by atoms with E-state index in [-0.39, 0.29) is 5.43 Å². The second kappa shape index (κ2) is 3.08. The van der Waals surface area contributed by atoms with Crippen molar-refractivity contribution in [1.82, 2.24) is 3.79 Å². The van der Waals surface area contributed by atoms with E-state index in [0.717, 1.165) is 15.6 Å². The summed E-state index contributed by atoms with van der Waals surface area (Å²) in [4.78, 5) is 12.0. The molecule has 2 heterocycles. The molecule has 0 N–H and O–H groups in total. The van der Waals surface area contributed by atoms with E-state index >= 15 is 0 Å². The fourth-order valence-electron chi connectivity index (χ4n) is 1.62. The van der Waals surface area contributed by atoms with Crippen LogP contribution in [0.2, 0.25) is 5.02 Å². The van der Waals surface area contributed by atoms with Crippen molar-refractivity contribution in [3.05, 3.63) is 51.8 Å². The molecule has 0 radical (unpaired) electrons. The maximum Gasteiger partial charge on any atom is 0.212 e. The van der Waals surface area contributed by atoms with Gasteiger partial charge in [0.1, 0.15) is 5.52 Å². The second-order valence-corrected chi connectivity index (χ2v) is 4.73. The predicted molar refractivity (Wildman–Crippen MR) is 64.1 cm³/mol. The zero-order valence-electron chi connectivity index (χ0n) is 7.61. The zero-order chi connectivity index (χ0) is 10.4. The lowest BCUT2D eigenvalue weighted by atomic mass is 10.2. The number of hydrogen-bond donors (Lipinski definition) is 0. The number of aromatic nitrogens is 1. The van der Waals surface area contributed by atoms with E-state index in [0.29, 0.717) is 5.02 Å². The van der Waals surface area contributed by atoms with Crippen LogP contribution in [-0.4, -0.2) is 3.79 Å². The van der Waals surface area contributed by atoms with Crippen molar-refractivity contribution in [2.24, 2.45) is 0 Å². The average Bonchev–Trinajstić information content (AvgIpc) is 2.65. The summed E-state index contributed by atoms with van der Waals surface area (Å²) < 4.78 is 2.78. The minimum absolute atomic E-state index is 0.0606. The van der Waals surface area contributed by atoms with Crippen molar-refractivity contribution in [2.75, 3.05) is 0 Å². The van der Waals surface area contributed by atoms with E-state index in [2.05, 4.69) is 0 Å². The van der Waals surface area contributed by atoms with Crippen LogP contribution in [0.4, 0.5) is 0 Å². The van der Waals surface area contributed by atoms with Crippen LogP contribution < -0.4 is 5.43 Å². The molecule has 0 aliphatic carbocycles. The zero-order valence-corrected chi connectivity index (χ0v) is 9.18. The van der Waals surface area contributed by atoms with E-state index in [1.165, 1.54) is 11.5 Å². The summed E-state index contributed by atoms with van der Waals surface area (Å²) in [5.74, 6) is 0. The summed E-state index contributed by atoms with van der Waals surface area (Å²) in [5.41, 5.74) is 0.778. The normalized spacial score (nSPS) is 11.3. The van der Waals surface area contributed by atoms with Gasteiger partial charge in [0.15, 0.2) is 0 Å². The van der Waals surface area contributed by atoms with E-state index in [1.54, 1.807) is 12.1 Å². The molecule has 0 atom stereocenters. The molecule has 3 aromatic rings. The number of benzene rings is 1. The highest BCUT2D eigenvalue weighted by Gasteiger charge is 2.05. The Morgan fingerprint density at radius 2 is 2.13 bits per heavy atom. The smallest absolute Gasteiger partial charge is 0.212 e. The number of fused-ring (bicyclic) bond motifs is 2. The topological polar surface area (TPSA) is 21.5 Å². The highest BCUT2D eigenvalue weighted by molar-refractivity contribution is 7.13. The Morgan fingerprint density at radius 3 is 3.00 bits per heavy atom. The van der Waals surface area contributed by atoms with Gasteiger partial charge in [0.05, 0.1) is 4.70 Å². The van der Waals surface area contributed by atoms with Crippen molar-refractivity contribution in [3.63, 3.8) is 0 Å².